The highest BCUT2D eigenvalue weighted by molar-refractivity contribution is 6.00. The highest BCUT2D eigenvalue weighted by Crippen LogP contribution is 2.37. The van der Waals surface area contributed by atoms with Crippen LogP contribution in [0.1, 0.15) is 17.2 Å². The maximum Gasteiger partial charge on any atom is 0.165 e. The van der Waals surface area contributed by atoms with E-state index in [1.54, 1.807) is 12.1 Å². The number of ether oxygens (including phenoxy) is 1. The van der Waals surface area contributed by atoms with Crippen LogP contribution in [0.5, 0.6) is 5.75 Å². The number of hydrogen-bond donors (Lipinski definition) is 2. The van der Waals surface area contributed by atoms with Crippen molar-refractivity contribution in [3.05, 3.63) is 78.4 Å². The molecule has 6 rings (SSSR count). The second-order valence-electron chi connectivity index (χ2n) is 8.23. The fraction of sp³-hybridized carbons (Fsp3) is 0.160. The second-order valence-corrected chi connectivity index (χ2v) is 8.23. The second kappa shape index (κ2) is 7.44. The van der Waals surface area contributed by atoms with Gasteiger partial charge in [-0.1, -0.05) is 36.9 Å². The Kier molecular flexibility index (Phi) is 4.39. The Hall–Kier alpha value is -4.20. The molecule has 164 valence electrons. The lowest BCUT2D eigenvalue weighted by atomic mass is 10.1. The Labute approximate surface area is 188 Å². The lowest BCUT2D eigenvalue weighted by Gasteiger charge is -2.10. The number of rotatable bonds is 5. The molecule has 7 nitrogen and oxygen atoms in total. The van der Waals surface area contributed by atoms with Crippen LogP contribution in [0.2, 0.25) is 0 Å². The number of fused-ring (bicyclic) bond motifs is 3. The van der Waals surface area contributed by atoms with E-state index >= 15 is 0 Å². The zero-order chi connectivity index (χ0) is 22.5. The Bertz CT molecular complexity index is 1510. The summed E-state index contributed by atoms with van der Waals surface area (Å²) in [5, 5.41) is 6.33. The normalized spacial score (nSPS) is 13.6. The van der Waals surface area contributed by atoms with Crippen LogP contribution in [0.25, 0.3) is 33.3 Å². The van der Waals surface area contributed by atoms with E-state index in [0.717, 1.165) is 18.4 Å². The lowest BCUT2D eigenvalue weighted by molar-refractivity contribution is 0.342. The number of nitrogen functional groups attached to an aromatic ring is 1. The minimum atomic E-state index is -0.433. The first-order valence-corrected chi connectivity index (χ1v) is 10.7. The molecular weight excluding hydrogens is 419 g/mol. The largest absolute Gasteiger partial charge is 0.486 e. The van der Waals surface area contributed by atoms with Gasteiger partial charge in [-0.25, -0.2) is 19.0 Å². The first-order valence-electron chi connectivity index (χ1n) is 10.7. The van der Waals surface area contributed by atoms with Crippen molar-refractivity contribution in [2.75, 3.05) is 12.3 Å². The topological polar surface area (TPSA) is 94.6 Å². The van der Waals surface area contributed by atoms with Crippen molar-refractivity contribution < 1.29 is 9.13 Å². The van der Waals surface area contributed by atoms with E-state index in [1.807, 2.05) is 10.7 Å². The van der Waals surface area contributed by atoms with Gasteiger partial charge in [0.15, 0.2) is 17.2 Å². The van der Waals surface area contributed by atoms with Crippen LogP contribution in [0.3, 0.4) is 0 Å². The molecule has 0 saturated heterocycles. The molecule has 1 aliphatic carbocycles. The van der Waals surface area contributed by atoms with E-state index in [1.165, 1.54) is 23.5 Å². The van der Waals surface area contributed by atoms with Crippen LogP contribution in [0, 0.1) is 5.82 Å². The number of nitrogens with zero attached hydrogens (tertiary/aromatic N) is 4. The summed E-state index contributed by atoms with van der Waals surface area (Å²) in [6, 6.07) is 13.5. The van der Waals surface area contributed by atoms with Crippen molar-refractivity contribution in [2.45, 2.75) is 18.9 Å². The SMILES string of the molecule is C=CCOc1cc2[nH]c(-c3nn(C4Cc5ccccc5C4)c4ncnc(N)c34)cc2cc1F. The molecule has 3 heterocycles. The fourth-order valence-electron chi connectivity index (χ4n) is 4.67. The van der Waals surface area contributed by atoms with Gasteiger partial charge >= 0.3 is 0 Å². The molecule has 0 spiro atoms. The summed E-state index contributed by atoms with van der Waals surface area (Å²) in [4.78, 5) is 12.1. The maximum atomic E-state index is 14.5. The molecule has 0 fully saturated rings. The molecule has 5 aromatic rings. The number of H-pyrrole nitrogens is 1. The average Bonchev–Trinajstić information content (AvgIpc) is 3.52. The number of anilines is 1. The average molecular weight is 440 g/mol. The molecule has 3 aromatic heterocycles. The van der Waals surface area contributed by atoms with E-state index in [4.69, 9.17) is 15.6 Å². The van der Waals surface area contributed by atoms with Crippen LogP contribution in [-0.4, -0.2) is 31.3 Å². The molecule has 0 atom stereocenters. The first kappa shape index (κ1) is 19.5. The minimum Gasteiger partial charge on any atom is -0.486 e. The third kappa shape index (κ3) is 3.14. The van der Waals surface area contributed by atoms with Gasteiger partial charge in [-0.2, -0.15) is 5.10 Å². The van der Waals surface area contributed by atoms with E-state index in [2.05, 4.69) is 45.8 Å². The van der Waals surface area contributed by atoms with Gasteiger partial charge in [0, 0.05) is 17.0 Å². The number of nitrogens with one attached hydrogen (secondary N) is 1. The molecule has 8 heteroatoms. The van der Waals surface area contributed by atoms with E-state index < -0.39 is 5.82 Å². The summed E-state index contributed by atoms with van der Waals surface area (Å²) < 4.78 is 21.9. The highest BCUT2D eigenvalue weighted by Gasteiger charge is 2.28. The standard InChI is InChI=1S/C25H21FN6O/c1-2-7-33-21-12-19-16(10-18(21)26)11-20(30-19)23-22-24(27)28-13-29-25(22)32(31-23)17-8-14-5-3-4-6-15(14)9-17/h2-6,10-13,17,30H,1,7-9H2,(H2,27,28,29). The number of hydrogen-bond acceptors (Lipinski definition) is 5. The Balaban J connectivity index is 1.48. The van der Waals surface area contributed by atoms with Crippen molar-refractivity contribution in [3.8, 4) is 17.1 Å². The molecule has 0 aliphatic heterocycles. The smallest absolute Gasteiger partial charge is 0.165 e. The van der Waals surface area contributed by atoms with Crippen LogP contribution in [-0.2, 0) is 12.8 Å². The lowest BCUT2D eigenvalue weighted by Crippen LogP contribution is -2.11. The van der Waals surface area contributed by atoms with Crippen molar-refractivity contribution in [3.63, 3.8) is 0 Å². The fourth-order valence-corrected chi connectivity index (χ4v) is 4.67. The van der Waals surface area contributed by atoms with Gasteiger partial charge in [0.2, 0.25) is 0 Å². The van der Waals surface area contributed by atoms with Gasteiger partial charge in [0.25, 0.3) is 0 Å². The predicted molar refractivity (Wildman–Crippen MR) is 126 cm³/mol. The van der Waals surface area contributed by atoms with Crippen molar-refractivity contribution >= 4 is 27.8 Å². The van der Waals surface area contributed by atoms with Gasteiger partial charge in [-0.3, -0.25) is 0 Å². The summed E-state index contributed by atoms with van der Waals surface area (Å²) in [6.07, 6.45) is 4.79. The molecule has 1 aliphatic rings. The van der Waals surface area contributed by atoms with Gasteiger partial charge in [0.1, 0.15) is 24.4 Å². The van der Waals surface area contributed by atoms with Crippen molar-refractivity contribution in [1.82, 2.24) is 24.7 Å². The molecular formula is C25H21FN6O. The van der Waals surface area contributed by atoms with Crippen LogP contribution in [0.4, 0.5) is 10.2 Å². The zero-order valence-electron chi connectivity index (χ0n) is 17.8. The Morgan fingerprint density at radius 3 is 2.73 bits per heavy atom. The highest BCUT2D eigenvalue weighted by atomic mass is 19.1. The molecule has 0 unspecified atom stereocenters. The monoisotopic (exact) mass is 440 g/mol. The van der Waals surface area contributed by atoms with Crippen molar-refractivity contribution in [2.24, 2.45) is 0 Å². The van der Waals surface area contributed by atoms with Crippen LogP contribution < -0.4 is 10.5 Å². The molecule has 2 aromatic carbocycles. The first-order chi connectivity index (χ1) is 16.1. The number of aromatic amines is 1. The van der Waals surface area contributed by atoms with Crippen LogP contribution in [0.15, 0.2) is 61.4 Å². The number of halogens is 1. The van der Waals surface area contributed by atoms with Gasteiger partial charge in [-0.05, 0) is 36.1 Å². The summed E-state index contributed by atoms with van der Waals surface area (Å²) in [6.45, 7) is 3.83. The Morgan fingerprint density at radius 2 is 1.97 bits per heavy atom. The van der Waals surface area contributed by atoms with E-state index in [9.17, 15) is 4.39 Å². The summed E-state index contributed by atoms with van der Waals surface area (Å²) in [7, 11) is 0. The number of aromatic nitrogens is 5. The third-order valence-electron chi connectivity index (χ3n) is 6.18. The zero-order valence-corrected chi connectivity index (χ0v) is 17.8. The van der Waals surface area contributed by atoms with E-state index in [-0.39, 0.29) is 18.4 Å². The van der Waals surface area contributed by atoms with Gasteiger partial charge in [-0.15, -0.1) is 0 Å². The number of benzene rings is 2. The molecule has 0 radical (unpaired) electrons. The quantitative estimate of drug-likeness (QED) is 0.390. The molecule has 0 saturated carbocycles. The minimum absolute atomic E-state index is 0.133. The van der Waals surface area contributed by atoms with Crippen molar-refractivity contribution in [1.29, 1.82) is 0 Å². The number of nitrogens with two attached hydrogens (primary N) is 1. The van der Waals surface area contributed by atoms with E-state index in [0.29, 0.717) is 33.6 Å². The summed E-state index contributed by atoms with van der Waals surface area (Å²) >= 11 is 0. The van der Waals surface area contributed by atoms with Gasteiger partial charge < -0.3 is 15.5 Å². The van der Waals surface area contributed by atoms with Gasteiger partial charge in [0.05, 0.1) is 17.1 Å². The summed E-state index contributed by atoms with van der Waals surface area (Å²) in [5.74, 6) is 0.0891. The Morgan fingerprint density at radius 1 is 1.18 bits per heavy atom. The maximum absolute atomic E-state index is 14.5. The molecule has 33 heavy (non-hydrogen) atoms. The third-order valence-corrected chi connectivity index (χ3v) is 6.18. The van der Waals surface area contributed by atoms with Crippen LogP contribution >= 0.6 is 0 Å². The summed E-state index contributed by atoms with van der Waals surface area (Å²) in [5.41, 5.74) is 11.7. The molecule has 3 N–H and O–H groups in total. The molecule has 0 bridgehead atoms. The molecule has 0 amide bonds. The predicted octanol–water partition coefficient (Wildman–Crippen LogP) is 4.60.